The summed E-state index contributed by atoms with van der Waals surface area (Å²) in [7, 11) is 0. The van der Waals surface area contributed by atoms with Crippen LogP contribution in [0.2, 0.25) is 0 Å². The maximum absolute atomic E-state index is 13.4. The van der Waals surface area contributed by atoms with Crippen molar-refractivity contribution >= 4 is 0 Å². The minimum atomic E-state index is -0.379. The van der Waals surface area contributed by atoms with Crippen molar-refractivity contribution in [3.63, 3.8) is 0 Å². The third-order valence-corrected chi connectivity index (χ3v) is 2.27. The molecule has 1 aromatic heterocycles. The third kappa shape index (κ3) is 2.19. The number of para-hydroxylation sites is 1. The Morgan fingerprint density at radius 2 is 2.00 bits per heavy atom. The third-order valence-electron chi connectivity index (χ3n) is 2.27. The van der Waals surface area contributed by atoms with E-state index in [2.05, 4.69) is 4.98 Å². The van der Waals surface area contributed by atoms with E-state index in [-0.39, 0.29) is 11.6 Å². The highest BCUT2D eigenvalue weighted by molar-refractivity contribution is 5.32. The lowest BCUT2D eigenvalue weighted by atomic mass is 10.2. The number of benzene rings is 1. The molecule has 0 unspecified atom stereocenters. The number of nitrogens with zero attached hydrogens (tertiary/aromatic N) is 1. The topological polar surface area (TPSA) is 22.1 Å². The standard InChI is InChI=1S/C13H12FNO/c1-2-10-6-5-9-15-13(10)16-12-8-4-3-7-11(12)14/h3-9H,2H2,1H3. The summed E-state index contributed by atoms with van der Waals surface area (Å²) in [6.45, 7) is 2.01. The van der Waals surface area contributed by atoms with Crippen LogP contribution in [0, 0.1) is 5.82 Å². The van der Waals surface area contributed by atoms with Crippen LogP contribution in [0.15, 0.2) is 42.6 Å². The summed E-state index contributed by atoms with van der Waals surface area (Å²) >= 11 is 0. The molecule has 0 N–H and O–H groups in total. The summed E-state index contributed by atoms with van der Waals surface area (Å²) in [6.07, 6.45) is 2.44. The van der Waals surface area contributed by atoms with Crippen LogP contribution in [0.1, 0.15) is 12.5 Å². The number of aryl methyl sites for hydroxylation is 1. The van der Waals surface area contributed by atoms with Crippen LogP contribution in [0.5, 0.6) is 11.6 Å². The zero-order valence-corrected chi connectivity index (χ0v) is 8.98. The van der Waals surface area contributed by atoms with Gasteiger partial charge in [0.2, 0.25) is 5.88 Å². The van der Waals surface area contributed by atoms with Gasteiger partial charge in [-0.15, -0.1) is 0 Å². The highest BCUT2D eigenvalue weighted by Crippen LogP contribution is 2.25. The zero-order chi connectivity index (χ0) is 11.4. The van der Waals surface area contributed by atoms with Crippen LogP contribution >= 0.6 is 0 Å². The smallest absolute Gasteiger partial charge is 0.222 e. The van der Waals surface area contributed by atoms with Crippen molar-refractivity contribution in [2.24, 2.45) is 0 Å². The number of halogens is 1. The van der Waals surface area contributed by atoms with Gasteiger partial charge in [0, 0.05) is 11.8 Å². The predicted molar refractivity (Wildman–Crippen MR) is 60.1 cm³/mol. The lowest BCUT2D eigenvalue weighted by Gasteiger charge is -2.08. The van der Waals surface area contributed by atoms with Gasteiger partial charge in [0.15, 0.2) is 11.6 Å². The molecule has 1 heterocycles. The van der Waals surface area contributed by atoms with Gasteiger partial charge < -0.3 is 4.74 Å². The number of aromatic nitrogens is 1. The molecule has 0 aliphatic heterocycles. The monoisotopic (exact) mass is 217 g/mol. The Morgan fingerprint density at radius 3 is 2.75 bits per heavy atom. The minimum Gasteiger partial charge on any atom is -0.436 e. The Balaban J connectivity index is 2.30. The summed E-state index contributed by atoms with van der Waals surface area (Å²) in [5, 5.41) is 0. The highest BCUT2D eigenvalue weighted by Gasteiger charge is 2.07. The van der Waals surface area contributed by atoms with E-state index in [0.29, 0.717) is 5.88 Å². The van der Waals surface area contributed by atoms with Crippen molar-refractivity contribution in [3.05, 3.63) is 54.0 Å². The van der Waals surface area contributed by atoms with Crippen molar-refractivity contribution in [1.29, 1.82) is 0 Å². The van der Waals surface area contributed by atoms with Crippen molar-refractivity contribution in [2.45, 2.75) is 13.3 Å². The van der Waals surface area contributed by atoms with Gasteiger partial charge in [-0.25, -0.2) is 9.37 Å². The number of ether oxygens (including phenoxy) is 1. The predicted octanol–water partition coefficient (Wildman–Crippen LogP) is 3.58. The molecule has 0 aliphatic rings. The molecule has 3 heteroatoms. The van der Waals surface area contributed by atoms with Gasteiger partial charge >= 0.3 is 0 Å². The van der Waals surface area contributed by atoms with E-state index in [9.17, 15) is 4.39 Å². The van der Waals surface area contributed by atoms with E-state index in [0.717, 1.165) is 12.0 Å². The molecule has 0 radical (unpaired) electrons. The molecule has 2 nitrogen and oxygen atoms in total. The second-order valence-electron chi connectivity index (χ2n) is 3.35. The number of hydrogen-bond donors (Lipinski definition) is 0. The summed E-state index contributed by atoms with van der Waals surface area (Å²) < 4.78 is 18.8. The molecule has 0 saturated carbocycles. The number of pyridine rings is 1. The average molecular weight is 217 g/mol. The van der Waals surface area contributed by atoms with Crippen LogP contribution in [-0.2, 0) is 6.42 Å². The number of hydrogen-bond acceptors (Lipinski definition) is 2. The Morgan fingerprint density at radius 1 is 1.19 bits per heavy atom. The van der Waals surface area contributed by atoms with Gasteiger partial charge in [-0.3, -0.25) is 0 Å². The molecule has 1 aromatic carbocycles. The SMILES string of the molecule is CCc1cccnc1Oc1ccccc1F. The molecule has 82 valence electrons. The second-order valence-corrected chi connectivity index (χ2v) is 3.35. The van der Waals surface area contributed by atoms with Crippen LogP contribution in [0.4, 0.5) is 4.39 Å². The summed E-state index contributed by atoms with van der Waals surface area (Å²) in [6, 6.07) is 10.1. The Hall–Kier alpha value is -1.90. The van der Waals surface area contributed by atoms with E-state index >= 15 is 0 Å². The second kappa shape index (κ2) is 4.75. The first-order valence-corrected chi connectivity index (χ1v) is 5.17. The molecular weight excluding hydrogens is 205 g/mol. The Labute approximate surface area is 93.7 Å². The first kappa shape index (κ1) is 10.6. The summed E-state index contributed by atoms with van der Waals surface area (Å²) in [5.41, 5.74) is 0.964. The number of rotatable bonds is 3. The van der Waals surface area contributed by atoms with E-state index < -0.39 is 0 Å². The molecule has 0 bridgehead atoms. The highest BCUT2D eigenvalue weighted by atomic mass is 19.1. The first-order chi connectivity index (χ1) is 7.81. The fourth-order valence-corrected chi connectivity index (χ4v) is 1.42. The fraction of sp³-hybridized carbons (Fsp3) is 0.154. The maximum atomic E-state index is 13.4. The Kier molecular flexibility index (Phi) is 3.15. The molecule has 2 rings (SSSR count). The summed E-state index contributed by atoms with van der Waals surface area (Å²) in [5.74, 6) is 0.293. The molecular formula is C13H12FNO. The van der Waals surface area contributed by atoms with Gasteiger partial charge in [0.25, 0.3) is 0 Å². The van der Waals surface area contributed by atoms with Crippen molar-refractivity contribution in [3.8, 4) is 11.6 Å². The van der Waals surface area contributed by atoms with Crippen LogP contribution in [-0.4, -0.2) is 4.98 Å². The first-order valence-electron chi connectivity index (χ1n) is 5.17. The van der Waals surface area contributed by atoms with Gasteiger partial charge in [-0.2, -0.15) is 0 Å². The van der Waals surface area contributed by atoms with Gasteiger partial charge in [0.1, 0.15) is 0 Å². The molecule has 0 fully saturated rings. The average Bonchev–Trinajstić information content (AvgIpc) is 2.33. The van der Waals surface area contributed by atoms with Crippen molar-refractivity contribution in [2.75, 3.05) is 0 Å². The molecule has 0 spiro atoms. The van der Waals surface area contributed by atoms with Gasteiger partial charge in [0.05, 0.1) is 0 Å². The molecule has 0 aliphatic carbocycles. The van der Waals surface area contributed by atoms with E-state index in [1.165, 1.54) is 6.07 Å². The van der Waals surface area contributed by atoms with Gasteiger partial charge in [-0.1, -0.05) is 25.1 Å². The van der Waals surface area contributed by atoms with Crippen LogP contribution in [0.3, 0.4) is 0 Å². The van der Waals surface area contributed by atoms with Gasteiger partial charge in [-0.05, 0) is 24.6 Å². The quantitative estimate of drug-likeness (QED) is 0.784. The van der Waals surface area contributed by atoms with Crippen molar-refractivity contribution in [1.82, 2.24) is 4.98 Å². The van der Waals surface area contributed by atoms with Crippen LogP contribution < -0.4 is 4.74 Å². The van der Waals surface area contributed by atoms with E-state index in [1.807, 2.05) is 19.1 Å². The zero-order valence-electron chi connectivity index (χ0n) is 8.98. The summed E-state index contributed by atoms with van der Waals surface area (Å²) in [4.78, 5) is 4.10. The van der Waals surface area contributed by atoms with E-state index in [4.69, 9.17) is 4.74 Å². The molecule has 0 amide bonds. The maximum Gasteiger partial charge on any atom is 0.222 e. The lowest BCUT2D eigenvalue weighted by Crippen LogP contribution is -1.94. The van der Waals surface area contributed by atoms with E-state index in [1.54, 1.807) is 24.4 Å². The normalized spacial score (nSPS) is 10.1. The molecule has 0 saturated heterocycles. The lowest BCUT2D eigenvalue weighted by molar-refractivity contribution is 0.423. The molecule has 16 heavy (non-hydrogen) atoms. The minimum absolute atomic E-state index is 0.205. The van der Waals surface area contributed by atoms with Crippen molar-refractivity contribution < 1.29 is 9.13 Å². The fourth-order valence-electron chi connectivity index (χ4n) is 1.42. The van der Waals surface area contributed by atoms with Crippen LogP contribution in [0.25, 0.3) is 0 Å². The molecule has 2 aromatic rings. The molecule has 0 atom stereocenters. The largest absolute Gasteiger partial charge is 0.436 e. The Bertz CT molecular complexity index is 485.